The molecule has 22 heavy (non-hydrogen) atoms. The average molecular weight is 349 g/mol. The summed E-state index contributed by atoms with van der Waals surface area (Å²) < 4.78 is 11.9. The fraction of sp³-hybridized carbons (Fsp3) is 0.688. The lowest BCUT2D eigenvalue weighted by Gasteiger charge is -2.43. The Balaban J connectivity index is 0.00000121. The van der Waals surface area contributed by atoms with Crippen LogP contribution in [0.3, 0.4) is 0 Å². The molecule has 2 fully saturated rings. The minimum Gasteiger partial charge on any atom is -0.493 e. The Kier molecular flexibility index (Phi) is 8.47. The Labute approximate surface area is 145 Å². The molecule has 4 nitrogen and oxygen atoms in total. The van der Waals surface area contributed by atoms with Crippen LogP contribution in [0.25, 0.3) is 0 Å². The number of hydrogen-bond donors (Lipinski definition) is 1. The maximum absolute atomic E-state index is 6.11. The van der Waals surface area contributed by atoms with Crippen molar-refractivity contribution >= 4 is 24.8 Å². The van der Waals surface area contributed by atoms with Crippen LogP contribution < -0.4 is 10.1 Å². The van der Waals surface area contributed by atoms with Crippen LogP contribution in [0.4, 0.5) is 0 Å². The number of halogens is 2. The van der Waals surface area contributed by atoms with Crippen molar-refractivity contribution < 1.29 is 9.47 Å². The highest BCUT2D eigenvalue weighted by atomic mass is 35.5. The third-order valence-electron chi connectivity index (χ3n) is 4.55. The molecule has 126 valence electrons. The van der Waals surface area contributed by atoms with Crippen LogP contribution in [0.1, 0.15) is 32.1 Å². The minimum absolute atomic E-state index is 0. The highest BCUT2D eigenvalue weighted by Gasteiger charge is 2.38. The SMILES string of the molecule is Cl.Cl.c1cc(OCCC2CCOC3(CCNCC3)C2)ccn1. The normalized spacial score (nSPS) is 23.2. The largest absolute Gasteiger partial charge is 0.493 e. The van der Waals surface area contributed by atoms with Crippen molar-refractivity contribution in [3.8, 4) is 5.75 Å². The molecule has 1 atom stereocenters. The summed E-state index contributed by atoms with van der Waals surface area (Å²) in [5.74, 6) is 1.66. The predicted molar refractivity (Wildman–Crippen MR) is 92.4 cm³/mol. The van der Waals surface area contributed by atoms with Crippen LogP contribution in [0.15, 0.2) is 24.5 Å². The maximum atomic E-state index is 6.11. The van der Waals surface area contributed by atoms with Gasteiger partial charge in [-0.3, -0.25) is 4.98 Å². The third-order valence-corrected chi connectivity index (χ3v) is 4.55. The topological polar surface area (TPSA) is 43.4 Å². The summed E-state index contributed by atoms with van der Waals surface area (Å²) in [5, 5.41) is 3.43. The summed E-state index contributed by atoms with van der Waals surface area (Å²) in [5.41, 5.74) is 0.158. The van der Waals surface area contributed by atoms with Crippen LogP contribution in [0.5, 0.6) is 5.75 Å². The highest BCUT2D eigenvalue weighted by Crippen LogP contribution is 2.37. The van der Waals surface area contributed by atoms with E-state index in [2.05, 4.69) is 10.3 Å². The smallest absolute Gasteiger partial charge is 0.122 e. The van der Waals surface area contributed by atoms with Crippen molar-refractivity contribution in [3.05, 3.63) is 24.5 Å². The molecule has 1 unspecified atom stereocenters. The molecule has 2 saturated heterocycles. The van der Waals surface area contributed by atoms with Gasteiger partial charge in [0.1, 0.15) is 5.75 Å². The third kappa shape index (κ3) is 5.27. The number of pyridine rings is 1. The Hall–Kier alpha value is -0.550. The van der Waals surface area contributed by atoms with Gasteiger partial charge in [0.05, 0.1) is 12.2 Å². The zero-order valence-corrected chi connectivity index (χ0v) is 14.5. The van der Waals surface area contributed by atoms with Crippen molar-refractivity contribution in [2.45, 2.75) is 37.7 Å². The molecule has 1 aromatic heterocycles. The summed E-state index contributed by atoms with van der Waals surface area (Å²) in [6.07, 6.45) is 9.37. The van der Waals surface area contributed by atoms with Crippen LogP contribution in [-0.2, 0) is 4.74 Å². The first-order valence-corrected chi connectivity index (χ1v) is 7.74. The molecule has 6 heteroatoms. The minimum atomic E-state index is 0. The Morgan fingerprint density at radius 3 is 2.68 bits per heavy atom. The van der Waals surface area contributed by atoms with E-state index in [-0.39, 0.29) is 30.4 Å². The van der Waals surface area contributed by atoms with Gasteiger partial charge in [0, 0.05) is 19.0 Å². The van der Waals surface area contributed by atoms with Gasteiger partial charge in [0.2, 0.25) is 0 Å². The lowest BCUT2D eigenvalue weighted by Crippen LogP contribution is -2.48. The van der Waals surface area contributed by atoms with Crippen molar-refractivity contribution in [3.63, 3.8) is 0 Å². The fourth-order valence-corrected chi connectivity index (χ4v) is 3.38. The molecule has 0 aliphatic carbocycles. The van der Waals surface area contributed by atoms with Gasteiger partial charge in [-0.2, -0.15) is 0 Å². The molecule has 0 amide bonds. The molecule has 3 rings (SSSR count). The van der Waals surface area contributed by atoms with Gasteiger partial charge >= 0.3 is 0 Å². The van der Waals surface area contributed by atoms with E-state index in [0.29, 0.717) is 0 Å². The quantitative estimate of drug-likeness (QED) is 0.906. The second kappa shape index (κ2) is 9.56. The molecule has 1 N–H and O–H groups in total. The molecule has 0 saturated carbocycles. The standard InChI is InChI=1S/C16H24N2O2.2ClH/c1-7-17-8-2-15(1)19-11-3-14-4-12-20-16(13-14)5-9-18-10-6-16;;/h1-2,7-8,14,18H,3-6,9-13H2;2*1H. The predicted octanol–water partition coefficient (Wildman–Crippen LogP) is 3.24. The van der Waals surface area contributed by atoms with E-state index in [0.717, 1.165) is 57.2 Å². The summed E-state index contributed by atoms with van der Waals surface area (Å²) in [6, 6.07) is 3.83. The number of hydrogen-bond acceptors (Lipinski definition) is 4. The lowest BCUT2D eigenvalue weighted by atomic mass is 9.79. The summed E-state index contributed by atoms with van der Waals surface area (Å²) >= 11 is 0. The number of nitrogens with zero attached hydrogens (tertiary/aromatic N) is 1. The van der Waals surface area contributed by atoms with E-state index in [1.807, 2.05) is 12.1 Å². The van der Waals surface area contributed by atoms with E-state index in [1.165, 1.54) is 12.8 Å². The lowest BCUT2D eigenvalue weighted by molar-refractivity contribution is -0.115. The van der Waals surface area contributed by atoms with Gasteiger partial charge in [-0.25, -0.2) is 0 Å². The molecule has 2 aliphatic heterocycles. The molecule has 3 heterocycles. The number of piperidine rings is 1. The first-order valence-electron chi connectivity index (χ1n) is 7.74. The average Bonchev–Trinajstić information content (AvgIpc) is 2.49. The van der Waals surface area contributed by atoms with Gasteiger partial charge in [0.25, 0.3) is 0 Å². The van der Waals surface area contributed by atoms with Crippen molar-refractivity contribution in [1.29, 1.82) is 0 Å². The van der Waals surface area contributed by atoms with Crippen molar-refractivity contribution in [1.82, 2.24) is 10.3 Å². The van der Waals surface area contributed by atoms with E-state index >= 15 is 0 Å². The first kappa shape index (κ1) is 19.5. The number of aromatic nitrogens is 1. The maximum Gasteiger partial charge on any atom is 0.122 e. The van der Waals surface area contributed by atoms with Crippen LogP contribution >= 0.6 is 24.8 Å². The Morgan fingerprint density at radius 1 is 1.23 bits per heavy atom. The molecular formula is C16H26Cl2N2O2. The second-order valence-electron chi connectivity index (χ2n) is 5.96. The number of rotatable bonds is 4. The molecule has 0 radical (unpaired) electrons. The zero-order chi connectivity index (χ0) is 13.7. The van der Waals surface area contributed by atoms with Crippen molar-refractivity contribution in [2.75, 3.05) is 26.3 Å². The van der Waals surface area contributed by atoms with E-state index in [1.54, 1.807) is 12.4 Å². The van der Waals surface area contributed by atoms with E-state index < -0.39 is 0 Å². The van der Waals surface area contributed by atoms with Gasteiger partial charge < -0.3 is 14.8 Å². The molecular weight excluding hydrogens is 323 g/mol. The highest BCUT2D eigenvalue weighted by molar-refractivity contribution is 5.85. The molecule has 1 spiro atoms. The van der Waals surface area contributed by atoms with E-state index in [9.17, 15) is 0 Å². The van der Waals surface area contributed by atoms with E-state index in [4.69, 9.17) is 9.47 Å². The Bertz CT molecular complexity index is 408. The molecule has 1 aromatic rings. The summed E-state index contributed by atoms with van der Waals surface area (Å²) in [7, 11) is 0. The number of nitrogens with one attached hydrogen (secondary N) is 1. The van der Waals surface area contributed by atoms with Gasteiger partial charge in [-0.15, -0.1) is 24.8 Å². The molecule has 2 aliphatic rings. The fourth-order valence-electron chi connectivity index (χ4n) is 3.38. The molecule has 0 bridgehead atoms. The molecule has 0 aromatic carbocycles. The first-order chi connectivity index (χ1) is 9.86. The van der Waals surface area contributed by atoms with Gasteiger partial charge in [-0.05, 0) is 63.2 Å². The Morgan fingerprint density at radius 2 is 1.95 bits per heavy atom. The second-order valence-corrected chi connectivity index (χ2v) is 5.96. The number of ether oxygens (including phenoxy) is 2. The van der Waals surface area contributed by atoms with Crippen LogP contribution in [0.2, 0.25) is 0 Å². The summed E-state index contributed by atoms with van der Waals surface area (Å²) in [6.45, 7) is 3.91. The van der Waals surface area contributed by atoms with Gasteiger partial charge in [0.15, 0.2) is 0 Å². The van der Waals surface area contributed by atoms with Crippen LogP contribution in [0, 0.1) is 5.92 Å². The van der Waals surface area contributed by atoms with Crippen molar-refractivity contribution in [2.24, 2.45) is 5.92 Å². The van der Waals surface area contributed by atoms with Gasteiger partial charge in [-0.1, -0.05) is 0 Å². The van der Waals surface area contributed by atoms with Crippen LogP contribution in [-0.4, -0.2) is 36.9 Å². The monoisotopic (exact) mass is 348 g/mol. The zero-order valence-electron chi connectivity index (χ0n) is 12.8. The summed E-state index contributed by atoms with van der Waals surface area (Å²) in [4.78, 5) is 4.00.